The summed E-state index contributed by atoms with van der Waals surface area (Å²) in [6.07, 6.45) is 3.72. The number of aryl methyl sites for hydroxylation is 1. The fourth-order valence-electron chi connectivity index (χ4n) is 1.80. The third kappa shape index (κ3) is 3.58. The van der Waals surface area contributed by atoms with Gasteiger partial charge in [-0.05, 0) is 31.4 Å². The van der Waals surface area contributed by atoms with E-state index in [0.29, 0.717) is 6.61 Å². The van der Waals surface area contributed by atoms with E-state index >= 15 is 0 Å². The topological polar surface area (TPSA) is 52.3 Å². The molecule has 0 bridgehead atoms. The van der Waals surface area contributed by atoms with E-state index in [1.165, 1.54) is 6.92 Å². The minimum Gasteiger partial charge on any atom is -0.466 e. The van der Waals surface area contributed by atoms with E-state index in [2.05, 4.69) is 4.98 Å². The predicted octanol–water partition coefficient (Wildman–Crippen LogP) is 3.10. The summed E-state index contributed by atoms with van der Waals surface area (Å²) in [6.45, 7) is 1.93. The minimum absolute atomic E-state index is 0.214. The standard InChI is InChI=1S/C14H17NO3/c1-11(16)17-10-6-2-3-9-14-15-12-7-4-5-8-13(12)18-14/h4-5,7-8H,2-3,6,9-10H2,1H3. The number of unbranched alkanes of at least 4 members (excludes halogenated alkanes) is 2. The van der Waals surface area contributed by atoms with Crippen molar-refractivity contribution in [1.29, 1.82) is 0 Å². The molecule has 2 rings (SSSR count). The van der Waals surface area contributed by atoms with Gasteiger partial charge in [-0.25, -0.2) is 4.98 Å². The van der Waals surface area contributed by atoms with Gasteiger partial charge in [-0.15, -0.1) is 0 Å². The molecule has 1 aromatic carbocycles. The molecule has 0 N–H and O–H groups in total. The molecule has 0 fully saturated rings. The van der Waals surface area contributed by atoms with Crippen LogP contribution in [0, 0.1) is 0 Å². The van der Waals surface area contributed by atoms with Gasteiger partial charge in [0, 0.05) is 13.3 Å². The van der Waals surface area contributed by atoms with Crippen LogP contribution in [0.15, 0.2) is 28.7 Å². The van der Waals surface area contributed by atoms with Crippen molar-refractivity contribution in [3.8, 4) is 0 Å². The van der Waals surface area contributed by atoms with Gasteiger partial charge in [0.05, 0.1) is 6.61 Å². The van der Waals surface area contributed by atoms with Gasteiger partial charge in [-0.3, -0.25) is 4.79 Å². The van der Waals surface area contributed by atoms with Crippen LogP contribution < -0.4 is 0 Å². The Labute approximate surface area is 106 Å². The molecule has 4 heteroatoms. The number of benzene rings is 1. The number of esters is 1. The Kier molecular flexibility index (Phi) is 4.34. The van der Waals surface area contributed by atoms with Crippen LogP contribution >= 0.6 is 0 Å². The highest BCUT2D eigenvalue weighted by molar-refractivity contribution is 5.72. The van der Waals surface area contributed by atoms with Crippen molar-refractivity contribution in [3.05, 3.63) is 30.2 Å². The summed E-state index contributed by atoms with van der Waals surface area (Å²) in [5, 5.41) is 0. The van der Waals surface area contributed by atoms with Gasteiger partial charge in [0.15, 0.2) is 11.5 Å². The zero-order valence-electron chi connectivity index (χ0n) is 10.5. The van der Waals surface area contributed by atoms with Gasteiger partial charge in [-0.2, -0.15) is 0 Å². The summed E-state index contributed by atoms with van der Waals surface area (Å²) < 4.78 is 10.5. The summed E-state index contributed by atoms with van der Waals surface area (Å²) in [4.78, 5) is 15.0. The highest BCUT2D eigenvalue weighted by Gasteiger charge is 2.04. The molecule has 0 aliphatic carbocycles. The molecule has 0 amide bonds. The average Bonchev–Trinajstić information content (AvgIpc) is 2.75. The Balaban J connectivity index is 1.72. The van der Waals surface area contributed by atoms with Gasteiger partial charge in [0.2, 0.25) is 0 Å². The first-order valence-corrected chi connectivity index (χ1v) is 6.23. The lowest BCUT2D eigenvalue weighted by atomic mass is 10.2. The molecule has 0 saturated heterocycles. The first kappa shape index (κ1) is 12.6. The number of oxazole rings is 1. The third-order valence-corrected chi connectivity index (χ3v) is 2.68. The fraction of sp³-hybridized carbons (Fsp3) is 0.429. The molecular formula is C14H17NO3. The lowest BCUT2D eigenvalue weighted by Gasteiger charge is -2.00. The van der Waals surface area contributed by atoms with Gasteiger partial charge < -0.3 is 9.15 Å². The van der Waals surface area contributed by atoms with E-state index < -0.39 is 0 Å². The number of fused-ring (bicyclic) bond motifs is 1. The SMILES string of the molecule is CC(=O)OCCCCCc1nc2ccccc2o1. The number of hydrogen-bond acceptors (Lipinski definition) is 4. The molecule has 0 aliphatic rings. The molecule has 18 heavy (non-hydrogen) atoms. The average molecular weight is 247 g/mol. The number of ether oxygens (including phenoxy) is 1. The second-order valence-electron chi connectivity index (χ2n) is 4.23. The van der Waals surface area contributed by atoms with Crippen molar-refractivity contribution in [2.24, 2.45) is 0 Å². The van der Waals surface area contributed by atoms with E-state index in [1.54, 1.807) is 0 Å². The molecule has 1 aromatic heterocycles. The van der Waals surface area contributed by atoms with Crippen molar-refractivity contribution in [3.63, 3.8) is 0 Å². The van der Waals surface area contributed by atoms with Crippen LogP contribution in [0.1, 0.15) is 32.1 Å². The zero-order chi connectivity index (χ0) is 12.8. The van der Waals surface area contributed by atoms with Gasteiger partial charge in [-0.1, -0.05) is 12.1 Å². The lowest BCUT2D eigenvalue weighted by Crippen LogP contribution is -2.00. The molecule has 0 atom stereocenters. The summed E-state index contributed by atoms with van der Waals surface area (Å²) in [7, 11) is 0. The Morgan fingerprint density at radius 2 is 2.11 bits per heavy atom. The van der Waals surface area contributed by atoms with E-state index in [-0.39, 0.29) is 5.97 Å². The molecule has 1 heterocycles. The predicted molar refractivity (Wildman–Crippen MR) is 68.2 cm³/mol. The quantitative estimate of drug-likeness (QED) is 0.581. The van der Waals surface area contributed by atoms with Crippen LogP contribution in [0.5, 0.6) is 0 Å². The maximum atomic E-state index is 10.6. The highest BCUT2D eigenvalue weighted by Crippen LogP contribution is 2.16. The minimum atomic E-state index is -0.214. The van der Waals surface area contributed by atoms with Crippen molar-refractivity contribution in [2.45, 2.75) is 32.6 Å². The van der Waals surface area contributed by atoms with E-state index in [1.807, 2.05) is 24.3 Å². The normalized spacial score (nSPS) is 10.7. The van der Waals surface area contributed by atoms with Crippen molar-refractivity contribution >= 4 is 17.1 Å². The van der Waals surface area contributed by atoms with Crippen LogP contribution in [0.4, 0.5) is 0 Å². The van der Waals surface area contributed by atoms with Crippen LogP contribution in [0.3, 0.4) is 0 Å². The lowest BCUT2D eigenvalue weighted by molar-refractivity contribution is -0.141. The van der Waals surface area contributed by atoms with Crippen LogP contribution in [-0.4, -0.2) is 17.6 Å². The second-order valence-corrected chi connectivity index (χ2v) is 4.23. The Morgan fingerprint density at radius 1 is 1.28 bits per heavy atom. The largest absolute Gasteiger partial charge is 0.466 e. The molecule has 0 aliphatic heterocycles. The Bertz CT molecular complexity index is 485. The second kappa shape index (κ2) is 6.19. The van der Waals surface area contributed by atoms with Gasteiger partial charge in [0.1, 0.15) is 5.52 Å². The van der Waals surface area contributed by atoms with Crippen LogP contribution in [0.25, 0.3) is 11.1 Å². The molecule has 4 nitrogen and oxygen atoms in total. The maximum Gasteiger partial charge on any atom is 0.302 e. The van der Waals surface area contributed by atoms with Crippen molar-refractivity contribution < 1.29 is 13.9 Å². The van der Waals surface area contributed by atoms with Gasteiger partial charge in [0.25, 0.3) is 0 Å². The van der Waals surface area contributed by atoms with Gasteiger partial charge >= 0.3 is 5.97 Å². The number of rotatable bonds is 6. The number of carbonyl (C=O) groups is 1. The first-order valence-electron chi connectivity index (χ1n) is 6.23. The summed E-state index contributed by atoms with van der Waals surface area (Å²) in [6, 6.07) is 7.76. The third-order valence-electron chi connectivity index (χ3n) is 2.68. The molecule has 0 unspecified atom stereocenters. The Morgan fingerprint density at radius 3 is 2.89 bits per heavy atom. The summed E-state index contributed by atoms with van der Waals surface area (Å²) in [5.41, 5.74) is 1.75. The number of nitrogens with zero attached hydrogens (tertiary/aromatic N) is 1. The van der Waals surface area contributed by atoms with E-state index in [0.717, 1.165) is 42.7 Å². The van der Waals surface area contributed by atoms with E-state index in [4.69, 9.17) is 9.15 Å². The maximum absolute atomic E-state index is 10.6. The van der Waals surface area contributed by atoms with Crippen LogP contribution in [0.2, 0.25) is 0 Å². The van der Waals surface area contributed by atoms with Crippen molar-refractivity contribution in [1.82, 2.24) is 4.98 Å². The monoisotopic (exact) mass is 247 g/mol. The van der Waals surface area contributed by atoms with Crippen LogP contribution in [-0.2, 0) is 16.0 Å². The molecule has 0 radical (unpaired) electrons. The first-order chi connectivity index (χ1) is 8.75. The molecule has 0 saturated carbocycles. The smallest absolute Gasteiger partial charge is 0.302 e. The molecular weight excluding hydrogens is 230 g/mol. The molecule has 0 spiro atoms. The zero-order valence-corrected chi connectivity index (χ0v) is 10.5. The van der Waals surface area contributed by atoms with E-state index in [9.17, 15) is 4.79 Å². The number of aromatic nitrogens is 1. The number of carbonyl (C=O) groups excluding carboxylic acids is 1. The number of hydrogen-bond donors (Lipinski definition) is 0. The fourth-order valence-corrected chi connectivity index (χ4v) is 1.80. The molecule has 96 valence electrons. The highest BCUT2D eigenvalue weighted by atomic mass is 16.5. The molecule has 2 aromatic rings. The number of para-hydroxylation sites is 2. The summed E-state index contributed by atoms with van der Waals surface area (Å²) in [5.74, 6) is 0.567. The summed E-state index contributed by atoms with van der Waals surface area (Å²) >= 11 is 0. The van der Waals surface area contributed by atoms with Crippen molar-refractivity contribution in [2.75, 3.05) is 6.61 Å². The Hall–Kier alpha value is -1.84.